The third kappa shape index (κ3) is 9.28. The largest absolute Gasteiger partial charge is 0.465 e. The number of anilines is 1. The molecule has 3 aromatic rings. The van der Waals surface area contributed by atoms with Crippen LogP contribution in [0.5, 0.6) is 0 Å². The SMILES string of the molecule is Cn1ncc(-c2nc(N[C@H]3CC[C@H](N(CCCCCCNC(=O)NCc4cc5c(s4)C(=O)N(C4CCC(=O)NC4=O)C5)C(=O)O)CC3)ncc2F)c1CC1CC1. The number of aromatic nitrogens is 4. The normalized spacial score (nSPS) is 20.8. The first-order valence-corrected chi connectivity index (χ1v) is 20.4. The molecule has 56 heavy (non-hydrogen) atoms. The molecule has 3 aromatic heterocycles. The molecule has 6 amide bonds. The smallest absolute Gasteiger partial charge is 0.407 e. The Balaban J connectivity index is 0.771. The Hall–Kier alpha value is -5.13. The van der Waals surface area contributed by atoms with Crippen LogP contribution < -0.4 is 21.3 Å². The molecule has 5 heterocycles. The van der Waals surface area contributed by atoms with Crippen molar-refractivity contribution in [1.29, 1.82) is 0 Å². The number of thiophene rings is 1. The lowest BCUT2D eigenvalue weighted by molar-refractivity contribution is -0.136. The molecular weight excluding hydrogens is 744 g/mol. The van der Waals surface area contributed by atoms with Crippen LogP contribution in [0, 0.1) is 11.7 Å². The first-order chi connectivity index (χ1) is 27.0. The molecule has 300 valence electrons. The van der Waals surface area contributed by atoms with E-state index in [0.29, 0.717) is 61.2 Å². The lowest BCUT2D eigenvalue weighted by Gasteiger charge is -2.35. The summed E-state index contributed by atoms with van der Waals surface area (Å²) >= 11 is 1.30. The molecule has 5 N–H and O–H groups in total. The van der Waals surface area contributed by atoms with Gasteiger partial charge in [0.25, 0.3) is 5.91 Å². The first kappa shape index (κ1) is 39.1. The number of fused-ring (bicyclic) bond motifs is 1. The molecule has 2 aliphatic carbocycles. The van der Waals surface area contributed by atoms with E-state index in [0.717, 1.165) is 61.1 Å². The van der Waals surface area contributed by atoms with E-state index < -0.39 is 23.9 Å². The molecule has 1 saturated heterocycles. The van der Waals surface area contributed by atoms with Gasteiger partial charge in [-0.2, -0.15) is 5.10 Å². The lowest BCUT2D eigenvalue weighted by Crippen LogP contribution is -2.52. The number of rotatable bonds is 16. The highest BCUT2D eigenvalue weighted by molar-refractivity contribution is 7.14. The van der Waals surface area contributed by atoms with E-state index >= 15 is 0 Å². The molecule has 0 spiro atoms. The summed E-state index contributed by atoms with van der Waals surface area (Å²) in [5, 5.41) is 25.7. The number of nitrogens with zero attached hydrogens (tertiary/aromatic N) is 6. The Morgan fingerprint density at radius 1 is 1.04 bits per heavy atom. The third-order valence-corrected chi connectivity index (χ3v) is 12.4. The maximum atomic E-state index is 14.9. The molecule has 7 rings (SSSR count). The van der Waals surface area contributed by atoms with Crippen LogP contribution in [0.25, 0.3) is 11.3 Å². The van der Waals surface area contributed by atoms with Crippen LogP contribution in [-0.4, -0.2) is 95.7 Å². The highest BCUT2D eigenvalue weighted by atomic mass is 32.1. The zero-order valence-electron chi connectivity index (χ0n) is 31.5. The van der Waals surface area contributed by atoms with Gasteiger partial charge in [0, 0.05) is 61.3 Å². The van der Waals surface area contributed by atoms with Gasteiger partial charge in [0.15, 0.2) is 5.82 Å². The van der Waals surface area contributed by atoms with E-state index in [-0.39, 0.29) is 48.6 Å². The predicted octanol–water partition coefficient (Wildman–Crippen LogP) is 4.55. The van der Waals surface area contributed by atoms with Crippen molar-refractivity contribution in [3.63, 3.8) is 0 Å². The van der Waals surface area contributed by atoms with E-state index in [4.69, 9.17) is 0 Å². The molecule has 18 heteroatoms. The molecule has 0 radical (unpaired) electrons. The van der Waals surface area contributed by atoms with Gasteiger partial charge in [-0.25, -0.2) is 23.9 Å². The number of unbranched alkanes of at least 4 members (excludes halogenated alkanes) is 3. The zero-order valence-corrected chi connectivity index (χ0v) is 32.3. The highest BCUT2D eigenvalue weighted by Gasteiger charge is 2.40. The van der Waals surface area contributed by atoms with Crippen molar-refractivity contribution in [2.24, 2.45) is 13.0 Å². The van der Waals surface area contributed by atoms with Crippen LogP contribution in [0.15, 0.2) is 18.5 Å². The minimum absolute atomic E-state index is 0.0536. The van der Waals surface area contributed by atoms with Crippen molar-refractivity contribution >= 4 is 47.1 Å². The molecule has 0 aromatic carbocycles. The molecule has 3 fully saturated rings. The lowest BCUT2D eigenvalue weighted by atomic mass is 9.90. The van der Waals surface area contributed by atoms with Crippen molar-refractivity contribution in [2.75, 3.05) is 18.4 Å². The number of nitrogens with one attached hydrogen (secondary N) is 4. The summed E-state index contributed by atoms with van der Waals surface area (Å²) in [5.41, 5.74) is 2.74. The Labute approximate surface area is 328 Å². The zero-order chi connectivity index (χ0) is 39.3. The topological polar surface area (TPSA) is 204 Å². The van der Waals surface area contributed by atoms with E-state index in [2.05, 4.69) is 36.3 Å². The number of carbonyl (C=O) groups is 5. The number of halogens is 1. The van der Waals surface area contributed by atoms with Crippen molar-refractivity contribution in [3.8, 4) is 11.3 Å². The van der Waals surface area contributed by atoms with Gasteiger partial charge < -0.3 is 30.9 Å². The Bertz CT molecular complexity index is 1960. The van der Waals surface area contributed by atoms with Crippen LogP contribution in [0.2, 0.25) is 0 Å². The van der Waals surface area contributed by atoms with Gasteiger partial charge >= 0.3 is 12.1 Å². The second-order valence-corrected chi connectivity index (χ2v) is 16.4. The standard InChI is InChI=1S/C38H49FN10O6S/c1-47-30(16-22-6-7-22)27(19-43-47)32-28(39)20-41-36(46-32)44-24-8-10-25(11-9-24)48(38(54)55)15-5-3-2-4-14-40-37(53)42-18-26-17-23-21-49(35(52)33(23)56-26)29-12-13-31(50)45-34(29)51/h17,19-20,22,24-25,29H,2-16,18,21H2,1H3,(H,54,55)(H2,40,42,53)(H,41,44,46)(H,45,50,51)/t24-,25-,29?. The van der Waals surface area contributed by atoms with E-state index in [1.165, 1.54) is 35.3 Å². The van der Waals surface area contributed by atoms with Gasteiger partial charge in [0.1, 0.15) is 11.7 Å². The molecule has 16 nitrogen and oxygen atoms in total. The number of piperidine rings is 1. The molecular formula is C38H49FN10O6S. The average molecular weight is 793 g/mol. The average Bonchev–Trinajstić information content (AvgIpc) is 3.69. The monoisotopic (exact) mass is 792 g/mol. The van der Waals surface area contributed by atoms with Gasteiger partial charge in [-0.05, 0) is 81.8 Å². The van der Waals surface area contributed by atoms with Crippen LogP contribution in [-0.2, 0) is 36.1 Å². The molecule has 2 aliphatic heterocycles. The summed E-state index contributed by atoms with van der Waals surface area (Å²) < 4.78 is 16.7. The number of amides is 6. The minimum atomic E-state index is -0.920. The Morgan fingerprint density at radius 3 is 2.55 bits per heavy atom. The molecule has 0 bridgehead atoms. The summed E-state index contributed by atoms with van der Waals surface area (Å²) in [6, 6.07) is 0.891. The Morgan fingerprint density at radius 2 is 1.82 bits per heavy atom. The number of hydrogen-bond acceptors (Lipinski definition) is 10. The van der Waals surface area contributed by atoms with E-state index in [1.807, 2.05) is 13.1 Å². The fourth-order valence-corrected chi connectivity index (χ4v) is 9.02. The van der Waals surface area contributed by atoms with Crippen LogP contribution in [0.4, 0.5) is 19.9 Å². The first-order valence-electron chi connectivity index (χ1n) is 19.6. The number of imide groups is 1. The highest BCUT2D eigenvalue weighted by Crippen LogP contribution is 2.36. The van der Waals surface area contributed by atoms with Crippen LogP contribution in [0.3, 0.4) is 0 Å². The quantitative estimate of drug-likeness (QED) is 0.101. The van der Waals surface area contributed by atoms with Gasteiger partial charge in [0.2, 0.25) is 17.8 Å². The summed E-state index contributed by atoms with van der Waals surface area (Å²) in [5.74, 6) is -0.505. The minimum Gasteiger partial charge on any atom is -0.465 e. The van der Waals surface area contributed by atoms with Gasteiger partial charge in [-0.1, -0.05) is 12.8 Å². The fraction of sp³-hybridized carbons (Fsp3) is 0.579. The molecule has 1 unspecified atom stereocenters. The van der Waals surface area contributed by atoms with Gasteiger partial charge in [0.05, 0.1) is 23.8 Å². The molecule has 1 atom stereocenters. The summed E-state index contributed by atoms with van der Waals surface area (Å²) in [7, 11) is 1.87. The number of carboxylic acid groups (broad SMARTS) is 1. The van der Waals surface area contributed by atoms with Crippen molar-refractivity contribution in [1.82, 2.24) is 45.5 Å². The number of aryl methyl sites for hydroxylation is 1. The fourth-order valence-electron chi connectivity index (χ4n) is 7.95. The Kier molecular flexibility index (Phi) is 12.1. The summed E-state index contributed by atoms with van der Waals surface area (Å²) in [6.07, 6.45) is 11.7. The molecule has 2 saturated carbocycles. The summed E-state index contributed by atoms with van der Waals surface area (Å²) in [6.45, 7) is 1.50. The summed E-state index contributed by atoms with van der Waals surface area (Å²) in [4.78, 5) is 74.4. The maximum Gasteiger partial charge on any atom is 0.407 e. The molecule has 4 aliphatic rings. The van der Waals surface area contributed by atoms with Crippen molar-refractivity contribution in [2.45, 2.75) is 115 Å². The van der Waals surface area contributed by atoms with E-state index in [1.54, 1.807) is 15.8 Å². The van der Waals surface area contributed by atoms with Crippen molar-refractivity contribution < 1.29 is 33.5 Å². The predicted molar refractivity (Wildman–Crippen MR) is 204 cm³/mol. The van der Waals surface area contributed by atoms with Crippen LogP contribution in [0.1, 0.15) is 103 Å². The maximum absolute atomic E-state index is 14.9. The second-order valence-electron chi connectivity index (χ2n) is 15.3. The van der Waals surface area contributed by atoms with Crippen LogP contribution >= 0.6 is 11.3 Å². The van der Waals surface area contributed by atoms with E-state index in [9.17, 15) is 33.5 Å². The number of carbonyl (C=O) groups excluding carboxylic acids is 4. The number of hydrogen-bond donors (Lipinski definition) is 5. The number of urea groups is 1. The third-order valence-electron chi connectivity index (χ3n) is 11.2. The van der Waals surface area contributed by atoms with Crippen molar-refractivity contribution in [3.05, 3.63) is 45.3 Å². The second kappa shape index (κ2) is 17.3. The van der Waals surface area contributed by atoms with Gasteiger partial charge in [-0.3, -0.25) is 24.4 Å². The van der Waals surface area contributed by atoms with Gasteiger partial charge in [-0.15, -0.1) is 11.3 Å².